The van der Waals surface area contributed by atoms with E-state index < -0.39 is 5.60 Å². The smallest absolute Gasteiger partial charge is 0.410 e. The summed E-state index contributed by atoms with van der Waals surface area (Å²) in [7, 11) is 0. The maximum absolute atomic E-state index is 12.5. The quantitative estimate of drug-likeness (QED) is 0.726. The maximum Gasteiger partial charge on any atom is 0.410 e. The largest absolute Gasteiger partial charge is 0.444 e. The van der Waals surface area contributed by atoms with Crippen molar-refractivity contribution >= 4 is 23.3 Å². The minimum atomic E-state index is -0.560. The minimum absolute atomic E-state index is 0.0708. The Kier molecular flexibility index (Phi) is 7.36. The summed E-state index contributed by atoms with van der Waals surface area (Å²) in [5, 5.41) is 4.82. The summed E-state index contributed by atoms with van der Waals surface area (Å²) in [6.45, 7) is 8.84. The summed E-state index contributed by atoms with van der Waals surface area (Å²) >= 11 is 1.43. The van der Waals surface area contributed by atoms with E-state index in [-0.39, 0.29) is 12.0 Å². The average molecular weight is 390 g/mol. The van der Waals surface area contributed by atoms with Gasteiger partial charge < -0.3 is 15.0 Å². The topological polar surface area (TPSA) is 71.5 Å². The molecule has 0 aromatic carbocycles. The van der Waals surface area contributed by atoms with E-state index in [0.717, 1.165) is 16.0 Å². The summed E-state index contributed by atoms with van der Waals surface area (Å²) in [5.41, 5.74) is 1.35. The van der Waals surface area contributed by atoms with Gasteiger partial charge in [0, 0.05) is 25.5 Å². The second kappa shape index (κ2) is 9.50. The number of aryl methyl sites for hydroxylation is 1. The highest BCUT2D eigenvalue weighted by Gasteiger charge is 2.22. The SMILES string of the molecule is Cc1ccsc1C(=O)NCCCN(Cc1cccnc1)C(=O)OC(C)(C)C. The number of hydrogen-bond donors (Lipinski definition) is 1. The number of aromatic nitrogens is 1. The molecular formula is C20H27N3O3S. The number of nitrogens with one attached hydrogen (secondary N) is 1. The molecule has 0 bridgehead atoms. The summed E-state index contributed by atoms with van der Waals surface area (Å²) in [6.07, 6.45) is 3.70. The van der Waals surface area contributed by atoms with Gasteiger partial charge in [0.15, 0.2) is 0 Å². The van der Waals surface area contributed by atoms with Gasteiger partial charge in [0.05, 0.1) is 11.4 Å². The van der Waals surface area contributed by atoms with E-state index in [1.54, 1.807) is 17.3 Å². The van der Waals surface area contributed by atoms with Crippen molar-refractivity contribution in [3.63, 3.8) is 0 Å². The highest BCUT2D eigenvalue weighted by atomic mass is 32.1. The van der Waals surface area contributed by atoms with Gasteiger partial charge in [-0.3, -0.25) is 9.78 Å². The van der Waals surface area contributed by atoms with Crippen LogP contribution in [0.25, 0.3) is 0 Å². The number of amides is 2. The van der Waals surface area contributed by atoms with Crippen LogP contribution in [0.5, 0.6) is 0 Å². The van der Waals surface area contributed by atoms with Gasteiger partial charge in [-0.15, -0.1) is 11.3 Å². The van der Waals surface area contributed by atoms with E-state index in [2.05, 4.69) is 10.3 Å². The predicted octanol–water partition coefficient (Wildman–Crippen LogP) is 4.01. The van der Waals surface area contributed by atoms with Crippen molar-refractivity contribution in [1.82, 2.24) is 15.2 Å². The fourth-order valence-corrected chi connectivity index (χ4v) is 3.27. The zero-order chi connectivity index (χ0) is 19.9. The molecule has 0 aliphatic rings. The van der Waals surface area contributed by atoms with Gasteiger partial charge in [0.2, 0.25) is 0 Å². The number of nitrogens with zero attached hydrogens (tertiary/aromatic N) is 2. The van der Waals surface area contributed by atoms with Crippen LogP contribution in [0, 0.1) is 6.92 Å². The number of ether oxygens (including phenoxy) is 1. The minimum Gasteiger partial charge on any atom is -0.444 e. The second-order valence-electron chi connectivity index (χ2n) is 7.31. The maximum atomic E-state index is 12.5. The molecule has 0 aliphatic heterocycles. The van der Waals surface area contributed by atoms with Crippen molar-refractivity contribution in [2.75, 3.05) is 13.1 Å². The van der Waals surface area contributed by atoms with Crippen LogP contribution in [-0.4, -0.2) is 40.6 Å². The van der Waals surface area contributed by atoms with Gasteiger partial charge in [-0.1, -0.05) is 6.07 Å². The van der Waals surface area contributed by atoms with Crippen LogP contribution in [0.15, 0.2) is 36.0 Å². The van der Waals surface area contributed by atoms with E-state index in [9.17, 15) is 9.59 Å². The van der Waals surface area contributed by atoms with E-state index in [1.807, 2.05) is 51.3 Å². The van der Waals surface area contributed by atoms with Crippen molar-refractivity contribution in [3.05, 3.63) is 52.0 Å². The fourth-order valence-electron chi connectivity index (χ4n) is 2.43. The van der Waals surface area contributed by atoms with Crippen LogP contribution in [0.4, 0.5) is 4.79 Å². The van der Waals surface area contributed by atoms with Crippen molar-refractivity contribution in [2.45, 2.75) is 46.3 Å². The summed E-state index contributed by atoms with van der Waals surface area (Å²) in [4.78, 5) is 31.2. The molecule has 0 atom stereocenters. The van der Waals surface area contributed by atoms with Gasteiger partial charge in [0.1, 0.15) is 5.60 Å². The lowest BCUT2D eigenvalue weighted by molar-refractivity contribution is 0.0232. The normalized spacial score (nSPS) is 11.1. The molecular weight excluding hydrogens is 362 g/mol. The molecule has 0 spiro atoms. The molecule has 1 N–H and O–H groups in total. The van der Waals surface area contributed by atoms with Gasteiger partial charge in [-0.05, 0) is 62.8 Å². The van der Waals surface area contributed by atoms with Gasteiger partial charge in [0.25, 0.3) is 5.91 Å². The number of thiophene rings is 1. The van der Waals surface area contributed by atoms with Crippen LogP contribution < -0.4 is 5.32 Å². The number of hydrogen-bond acceptors (Lipinski definition) is 5. The molecule has 0 fully saturated rings. The second-order valence-corrected chi connectivity index (χ2v) is 8.22. The molecule has 2 heterocycles. The predicted molar refractivity (Wildman–Crippen MR) is 107 cm³/mol. The molecule has 2 aromatic rings. The van der Waals surface area contributed by atoms with E-state index in [4.69, 9.17) is 4.74 Å². The van der Waals surface area contributed by atoms with Crippen molar-refractivity contribution in [2.24, 2.45) is 0 Å². The molecule has 0 aliphatic carbocycles. The Balaban J connectivity index is 1.90. The first-order valence-corrected chi connectivity index (χ1v) is 9.83. The third-order valence-corrected chi connectivity index (χ3v) is 4.72. The Labute approximate surface area is 164 Å². The molecule has 7 heteroatoms. The van der Waals surface area contributed by atoms with Gasteiger partial charge in [-0.25, -0.2) is 4.79 Å². The Morgan fingerprint density at radius 2 is 2.07 bits per heavy atom. The van der Waals surface area contributed by atoms with Crippen LogP contribution in [-0.2, 0) is 11.3 Å². The molecule has 2 amide bonds. The van der Waals surface area contributed by atoms with Crippen molar-refractivity contribution < 1.29 is 14.3 Å². The Morgan fingerprint density at radius 3 is 2.67 bits per heavy atom. The fraction of sp³-hybridized carbons (Fsp3) is 0.450. The van der Waals surface area contributed by atoms with Crippen LogP contribution in [0.1, 0.15) is 48.0 Å². The highest BCUT2D eigenvalue weighted by Crippen LogP contribution is 2.15. The molecule has 146 valence electrons. The number of pyridine rings is 1. The van der Waals surface area contributed by atoms with E-state index in [0.29, 0.717) is 26.1 Å². The van der Waals surface area contributed by atoms with Gasteiger partial charge >= 0.3 is 6.09 Å². The van der Waals surface area contributed by atoms with Crippen LogP contribution in [0.2, 0.25) is 0 Å². The lowest BCUT2D eigenvalue weighted by Crippen LogP contribution is -2.38. The molecule has 0 radical (unpaired) electrons. The summed E-state index contributed by atoms with van der Waals surface area (Å²) in [5.74, 6) is -0.0708. The highest BCUT2D eigenvalue weighted by molar-refractivity contribution is 7.12. The van der Waals surface area contributed by atoms with Crippen molar-refractivity contribution in [1.29, 1.82) is 0 Å². The number of carbonyl (C=O) groups is 2. The molecule has 0 saturated heterocycles. The zero-order valence-corrected chi connectivity index (χ0v) is 17.1. The Morgan fingerprint density at radius 1 is 1.30 bits per heavy atom. The Hall–Kier alpha value is -2.41. The lowest BCUT2D eigenvalue weighted by atomic mass is 10.2. The molecule has 2 aromatic heterocycles. The number of carbonyl (C=O) groups excluding carboxylic acids is 2. The summed E-state index contributed by atoms with van der Waals surface area (Å²) < 4.78 is 5.51. The first-order chi connectivity index (χ1) is 12.8. The van der Waals surface area contributed by atoms with E-state index >= 15 is 0 Å². The third-order valence-electron chi connectivity index (χ3n) is 3.71. The molecule has 0 saturated carbocycles. The first kappa shape index (κ1) is 20.9. The lowest BCUT2D eigenvalue weighted by Gasteiger charge is -2.27. The molecule has 27 heavy (non-hydrogen) atoms. The first-order valence-electron chi connectivity index (χ1n) is 8.95. The van der Waals surface area contributed by atoms with E-state index in [1.165, 1.54) is 11.3 Å². The monoisotopic (exact) mass is 389 g/mol. The molecule has 6 nitrogen and oxygen atoms in total. The third kappa shape index (κ3) is 7.02. The molecule has 0 unspecified atom stereocenters. The Bertz CT molecular complexity index is 753. The zero-order valence-electron chi connectivity index (χ0n) is 16.3. The standard InChI is InChI=1S/C20H27N3O3S/c1-15-8-12-27-17(15)18(24)22-10-6-11-23(19(25)26-20(2,3)4)14-16-7-5-9-21-13-16/h5,7-9,12-13H,6,10-11,14H2,1-4H3,(H,22,24). The number of rotatable bonds is 7. The van der Waals surface area contributed by atoms with Crippen LogP contribution >= 0.6 is 11.3 Å². The summed E-state index contributed by atoms with van der Waals surface area (Å²) in [6, 6.07) is 5.69. The van der Waals surface area contributed by atoms with Gasteiger partial charge in [-0.2, -0.15) is 0 Å². The van der Waals surface area contributed by atoms with Crippen LogP contribution in [0.3, 0.4) is 0 Å². The average Bonchev–Trinajstić information content (AvgIpc) is 3.03. The molecule has 2 rings (SSSR count). The van der Waals surface area contributed by atoms with Crippen molar-refractivity contribution in [3.8, 4) is 0 Å².